The van der Waals surface area contributed by atoms with Crippen molar-refractivity contribution in [1.29, 1.82) is 0 Å². The van der Waals surface area contributed by atoms with Gasteiger partial charge in [0, 0.05) is 13.0 Å². The highest BCUT2D eigenvalue weighted by atomic mass is 31.0. The standard InChI is InChI=1S/C10H23NOP2/c1-2-6-11-10(12)5-3-4-9(7-13)8-14/h9H,2-8,13-14H2,1H3,(H,11,12). The molecule has 0 rings (SSSR count). The average Bonchev–Trinajstić information content (AvgIpc) is 2.21. The molecule has 0 radical (unpaired) electrons. The Hall–Kier alpha value is 0.330. The molecule has 1 N–H and O–H groups in total. The van der Waals surface area contributed by atoms with Gasteiger partial charge in [-0.2, -0.15) is 0 Å². The molecule has 0 heterocycles. The van der Waals surface area contributed by atoms with Crippen molar-refractivity contribution in [3.63, 3.8) is 0 Å². The number of carbonyl (C=O) groups is 1. The first-order chi connectivity index (χ1) is 6.74. The van der Waals surface area contributed by atoms with Crippen LogP contribution in [0.1, 0.15) is 32.6 Å². The van der Waals surface area contributed by atoms with E-state index in [1.54, 1.807) is 0 Å². The molecule has 2 nitrogen and oxygen atoms in total. The molecule has 0 fully saturated rings. The van der Waals surface area contributed by atoms with Crippen LogP contribution in [0.2, 0.25) is 0 Å². The summed E-state index contributed by atoms with van der Waals surface area (Å²) < 4.78 is 0. The van der Waals surface area contributed by atoms with Gasteiger partial charge in [0.2, 0.25) is 5.91 Å². The second kappa shape index (κ2) is 9.87. The first-order valence-corrected chi connectivity index (χ1v) is 7.04. The van der Waals surface area contributed by atoms with Gasteiger partial charge in [-0.25, -0.2) is 0 Å². The predicted octanol–water partition coefficient (Wildman–Crippen LogP) is 2.05. The van der Waals surface area contributed by atoms with Gasteiger partial charge < -0.3 is 5.32 Å². The Labute approximate surface area is 92.4 Å². The van der Waals surface area contributed by atoms with Crippen LogP contribution in [-0.4, -0.2) is 24.8 Å². The first-order valence-electron chi connectivity index (χ1n) is 5.41. The first kappa shape index (κ1) is 14.3. The van der Waals surface area contributed by atoms with Crippen LogP contribution in [0.3, 0.4) is 0 Å². The molecule has 0 aromatic rings. The molecule has 4 heteroatoms. The van der Waals surface area contributed by atoms with E-state index in [1.165, 1.54) is 0 Å². The number of hydrogen-bond donors (Lipinski definition) is 1. The van der Waals surface area contributed by atoms with Gasteiger partial charge in [-0.05, 0) is 37.5 Å². The molecule has 0 bridgehead atoms. The van der Waals surface area contributed by atoms with Gasteiger partial charge in [0.15, 0.2) is 0 Å². The minimum absolute atomic E-state index is 0.207. The van der Waals surface area contributed by atoms with Crippen molar-refractivity contribution in [3.05, 3.63) is 0 Å². The number of hydrogen-bond acceptors (Lipinski definition) is 1. The zero-order chi connectivity index (χ0) is 10.8. The lowest BCUT2D eigenvalue weighted by molar-refractivity contribution is -0.121. The van der Waals surface area contributed by atoms with Crippen LogP contribution in [0.5, 0.6) is 0 Å². The normalized spacial score (nSPS) is 10.6. The summed E-state index contributed by atoms with van der Waals surface area (Å²) in [5, 5.41) is 2.89. The van der Waals surface area contributed by atoms with Gasteiger partial charge >= 0.3 is 0 Å². The van der Waals surface area contributed by atoms with Gasteiger partial charge in [0.25, 0.3) is 0 Å². The summed E-state index contributed by atoms with van der Waals surface area (Å²) in [5.41, 5.74) is 0. The van der Waals surface area contributed by atoms with Crippen molar-refractivity contribution in [2.75, 3.05) is 18.9 Å². The zero-order valence-corrected chi connectivity index (χ0v) is 11.4. The van der Waals surface area contributed by atoms with Crippen LogP contribution >= 0.6 is 18.5 Å². The van der Waals surface area contributed by atoms with E-state index in [2.05, 4.69) is 30.7 Å². The fourth-order valence-corrected chi connectivity index (χ4v) is 2.48. The molecule has 0 spiro atoms. The van der Waals surface area contributed by atoms with Crippen molar-refractivity contribution in [3.8, 4) is 0 Å². The van der Waals surface area contributed by atoms with Crippen LogP contribution < -0.4 is 5.32 Å². The summed E-state index contributed by atoms with van der Waals surface area (Å²) in [5.74, 6) is 0.946. The molecule has 0 aromatic heterocycles. The summed E-state index contributed by atoms with van der Waals surface area (Å²) in [7, 11) is 5.55. The molecule has 0 saturated carbocycles. The van der Waals surface area contributed by atoms with Gasteiger partial charge in [0.05, 0.1) is 0 Å². The van der Waals surface area contributed by atoms with Crippen LogP contribution in [-0.2, 0) is 4.79 Å². The van der Waals surface area contributed by atoms with Gasteiger partial charge in [-0.15, -0.1) is 18.5 Å². The van der Waals surface area contributed by atoms with Gasteiger partial charge in [-0.1, -0.05) is 6.92 Å². The number of carbonyl (C=O) groups excluding carboxylic acids is 1. The summed E-state index contributed by atoms with van der Waals surface area (Å²) in [6, 6.07) is 0. The predicted molar refractivity (Wildman–Crippen MR) is 69.8 cm³/mol. The molecule has 2 unspecified atom stereocenters. The topological polar surface area (TPSA) is 29.1 Å². The van der Waals surface area contributed by atoms with Crippen molar-refractivity contribution < 1.29 is 4.79 Å². The number of nitrogens with one attached hydrogen (secondary N) is 1. The summed E-state index contributed by atoms with van der Waals surface area (Å²) >= 11 is 0. The van der Waals surface area contributed by atoms with Crippen LogP contribution in [0.25, 0.3) is 0 Å². The fourth-order valence-electron chi connectivity index (χ4n) is 1.24. The van der Waals surface area contributed by atoms with Crippen LogP contribution in [0.4, 0.5) is 0 Å². The highest BCUT2D eigenvalue weighted by Gasteiger charge is 2.05. The minimum Gasteiger partial charge on any atom is -0.356 e. The van der Waals surface area contributed by atoms with E-state index in [9.17, 15) is 4.79 Å². The maximum atomic E-state index is 11.2. The zero-order valence-electron chi connectivity index (χ0n) is 9.09. The average molecular weight is 235 g/mol. The Balaban J connectivity index is 3.38. The molecule has 0 aliphatic carbocycles. The number of amides is 1. The third-order valence-electron chi connectivity index (χ3n) is 2.26. The Morgan fingerprint density at radius 3 is 2.50 bits per heavy atom. The molecule has 1 amide bonds. The fraction of sp³-hybridized carbons (Fsp3) is 0.900. The Kier molecular flexibility index (Phi) is 10.1. The van der Waals surface area contributed by atoms with Crippen molar-refractivity contribution in [1.82, 2.24) is 5.32 Å². The third-order valence-corrected chi connectivity index (χ3v) is 3.59. The van der Waals surface area contributed by atoms with E-state index in [-0.39, 0.29) is 5.91 Å². The molecule has 2 atom stereocenters. The second-order valence-corrected chi connectivity index (χ2v) is 4.52. The molecule has 0 aliphatic heterocycles. The summed E-state index contributed by atoms with van der Waals surface area (Å²) in [6.07, 6.45) is 6.16. The lowest BCUT2D eigenvalue weighted by atomic mass is 10.1. The quantitative estimate of drug-likeness (QED) is 0.641. The second-order valence-electron chi connectivity index (χ2n) is 3.58. The van der Waals surface area contributed by atoms with E-state index >= 15 is 0 Å². The van der Waals surface area contributed by atoms with E-state index < -0.39 is 0 Å². The highest BCUT2D eigenvalue weighted by Crippen LogP contribution is 2.13. The van der Waals surface area contributed by atoms with Gasteiger partial charge in [-0.3, -0.25) is 4.79 Å². The minimum atomic E-state index is 0.207. The smallest absolute Gasteiger partial charge is 0.219 e. The Morgan fingerprint density at radius 1 is 1.36 bits per heavy atom. The monoisotopic (exact) mass is 235 g/mol. The maximum Gasteiger partial charge on any atom is 0.219 e. The third kappa shape index (κ3) is 7.71. The molecule has 0 saturated heterocycles. The maximum absolute atomic E-state index is 11.2. The lowest BCUT2D eigenvalue weighted by Gasteiger charge is -2.11. The molecule has 84 valence electrons. The molecular formula is C10H23NOP2. The van der Waals surface area contributed by atoms with E-state index in [0.29, 0.717) is 6.42 Å². The van der Waals surface area contributed by atoms with Gasteiger partial charge in [0.1, 0.15) is 0 Å². The Bertz CT molecular complexity index is 149. The van der Waals surface area contributed by atoms with Crippen molar-refractivity contribution in [2.24, 2.45) is 5.92 Å². The summed E-state index contributed by atoms with van der Waals surface area (Å²) in [4.78, 5) is 11.2. The SMILES string of the molecule is CCCNC(=O)CCCC(CP)CP. The summed E-state index contributed by atoms with van der Waals surface area (Å²) in [6.45, 7) is 2.88. The lowest BCUT2D eigenvalue weighted by Crippen LogP contribution is -2.23. The van der Waals surface area contributed by atoms with Crippen molar-refractivity contribution >= 4 is 24.4 Å². The Morgan fingerprint density at radius 2 is 2.00 bits per heavy atom. The largest absolute Gasteiger partial charge is 0.356 e. The molecule has 0 aliphatic rings. The number of rotatable bonds is 8. The van der Waals surface area contributed by atoms with Crippen LogP contribution in [0, 0.1) is 5.92 Å². The molecule has 14 heavy (non-hydrogen) atoms. The van der Waals surface area contributed by atoms with E-state index in [4.69, 9.17) is 0 Å². The van der Waals surface area contributed by atoms with Crippen LogP contribution in [0.15, 0.2) is 0 Å². The highest BCUT2D eigenvalue weighted by molar-refractivity contribution is 7.17. The molecular weight excluding hydrogens is 212 g/mol. The molecule has 0 aromatic carbocycles. The van der Waals surface area contributed by atoms with Crippen molar-refractivity contribution in [2.45, 2.75) is 32.6 Å². The van der Waals surface area contributed by atoms with E-state index in [1.807, 2.05) is 0 Å². The van der Waals surface area contributed by atoms with E-state index in [0.717, 1.165) is 44.0 Å².